The molecule has 0 bridgehead atoms. The summed E-state index contributed by atoms with van der Waals surface area (Å²) in [6.45, 7) is 0.773. The van der Waals surface area contributed by atoms with Gasteiger partial charge in [-0.25, -0.2) is 13.1 Å². The summed E-state index contributed by atoms with van der Waals surface area (Å²) in [5.74, 6) is 0. The van der Waals surface area contributed by atoms with Crippen molar-refractivity contribution in [2.24, 2.45) is 5.73 Å². The van der Waals surface area contributed by atoms with Gasteiger partial charge in [-0.3, -0.25) is 0 Å². The van der Waals surface area contributed by atoms with E-state index in [0.717, 1.165) is 0 Å². The molecule has 0 atom stereocenters. The van der Waals surface area contributed by atoms with Gasteiger partial charge < -0.3 is 5.73 Å². The minimum absolute atomic E-state index is 0.101. The van der Waals surface area contributed by atoms with Gasteiger partial charge in [-0.1, -0.05) is 23.7 Å². The zero-order chi connectivity index (χ0) is 11.3. The third-order valence-corrected chi connectivity index (χ3v) is 3.76. The molecule has 0 amide bonds. The van der Waals surface area contributed by atoms with Crippen LogP contribution < -0.4 is 10.5 Å². The Labute approximate surface area is 94.5 Å². The highest BCUT2D eigenvalue weighted by atomic mass is 35.5. The van der Waals surface area contributed by atoms with E-state index in [-0.39, 0.29) is 9.92 Å². The third kappa shape index (κ3) is 3.46. The normalized spacial score (nSPS) is 11.6. The van der Waals surface area contributed by atoms with Gasteiger partial charge in [0.05, 0.1) is 5.02 Å². The Kier molecular flexibility index (Phi) is 4.53. The first-order valence-corrected chi connectivity index (χ1v) is 6.38. The van der Waals surface area contributed by atoms with Crippen LogP contribution in [0.1, 0.15) is 6.42 Å². The lowest BCUT2D eigenvalue weighted by Gasteiger charge is -2.07. The molecule has 0 saturated carbocycles. The highest BCUT2D eigenvalue weighted by Crippen LogP contribution is 2.19. The Balaban J connectivity index is 2.83. The summed E-state index contributed by atoms with van der Waals surface area (Å²) >= 11 is 5.78. The number of nitrogens with one attached hydrogen (secondary N) is 1. The summed E-state index contributed by atoms with van der Waals surface area (Å²) < 4.78 is 25.8. The topological polar surface area (TPSA) is 72.2 Å². The predicted octanol–water partition coefficient (Wildman–Crippen LogP) is 0.967. The van der Waals surface area contributed by atoms with E-state index >= 15 is 0 Å². The molecule has 15 heavy (non-hydrogen) atoms. The summed E-state index contributed by atoms with van der Waals surface area (Å²) in [5, 5.41) is 0.220. The van der Waals surface area contributed by atoms with Crippen LogP contribution in [-0.2, 0) is 10.0 Å². The van der Waals surface area contributed by atoms with E-state index in [1.165, 1.54) is 6.07 Å². The average molecular weight is 249 g/mol. The van der Waals surface area contributed by atoms with Gasteiger partial charge in [-0.2, -0.15) is 0 Å². The summed E-state index contributed by atoms with van der Waals surface area (Å²) in [6.07, 6.45) is 0.601. The number of hydrogen-bond acceptors (Lipinski definition) is 3. The molecular weight excluding hydrogens is 236 g/mol. The first kappa shape index (κ1) is 12.4. The van der Waals surface area contributed by atoms with Crippen LogP contribution in [0.3, 0.4) is 0 Å². The molecule has 0 fully saturated rings. The van der Waals surface area contributed by atoms with Gasteiger partial charge in [0.25, 0.3) is 0 Å². The molecule has 0 radical (unpaired) electrons. The second kappa shape index (κ2) is 5.46. The smallest absolute Gasteiger partial charge is 0.242 e. The first-order chi connectivity index (χ1) is 7.08. The Bertz CT molecular complexity index is 420. The van der Waals surface area contributed by atoms with E-state index in [9.17, 15) is 8.42 Å². The zero-order valence-electron chi connectivity index (χ0n) is 8.11. The van der Waals surface area contributed by atoms with Crippen molar-refractivity contribution < 1.29 is 8.42 Å². The fourth-order valence-electron chi connectivity index (χ4n) is 1.05. The molecule has 0 aliphatic heterocycles. The van der Waals surface area contributed by atoms with Crippen LogP contribution >= 0.6 is 11.6 Å². The van der Waals surface area contributed by atoms with Crippen molar-refractivity contribution in [2.75, 3.05) is 13.1 Å². The predicted molar refractivity (Wildman–Crippen MR) is 60.3 cm³/mol. The summed E-state index contributed by atoms with van der Waals surface area (Å²) in [6, 6.07) is 6.32. The molecule has 6 heteroatoms. The minimum atomic E-state index is -3.50. The molecule has 1 aromatic rings. The van der Waals surface area contributed by atoms with Crippen LogP contribution in [0, 0.1) is 0 Å². The van der Waals surface area contributed by atoms with E-state index in [4.69, 9.17) is 17.3 Å². The number of sulfonamides is 1. The van der Waals surface area contributed by atoms with E-state index < -0.39 is 10.0 Å². The number of halogens is 1. The maximum atomic E-state index is 11.7. The molecule has 4 nitrogen and oxygen atoms in total. The second-order valence-corrected chi connectivity index (χ2v) is 5.11. The highest BCUT2D eigenvalue weighted by molar-refractivity contribution is 7.89. The van der Waals surface area contributed by atoms with Gasteiger partial charge >= 0.3 is 0 Å². The molecule has 0 unspecified atom stereocenters. The van der Waals surface area contributed by atoms with Crippen molar-refractivity contribution in [3.63, 3.8) is 0 Å². The number of hydrogen-bond donors (Lipinski definition) is 2. The Morgan fingerprint density at radius 1 is 1.33 bits per heavy atom. The average Bonchev–Trinajstić information content (AvgIpc) is 2.18. The Morgan fingerprint density at radius 3 is 2.60 bits per heavy atom. The van der Waals surface area contributed by atoms with E-state index in [2.05, 4.69) is 4.72 Å². The largest absolute Gasteiger partial charge is 0.330 e. The molecule has 0 heterocycles. The molecule has 1 aromatic carbocycles. The zero-order valence-corrected chi connectivity index (χ0v) is 9.68. The minimum Gasteiger partial charge on any atom is -0.330 e. The number of rotatable bonds is 5. The summed E-state index contributed by atoms with van der Waals surface area (Å²) in [5.41, 5.74) is 5.27. The number of nitrogens with two attached hydrogens (primary N) is 1. The van der Waals surface area contributed by atoms with Gasteiger partial charge in [-0.15, -0.1) is 0 Å². The van der Waals surface area contributed by atoms with E-state index in [1.54, 1.807) is 18.2 Å². The van der Waals surface area contributed by atoms with Crippen LogP contribution in [0.5, 0.6) is 0 Å². The van der Waals surface area contributed by atoms with Crippen molar-refractivity contribution in [3.05, 3.63) is 29.3 Å². The molecule has 3 N–H and O–H groups in total. The quantitative estimate of drug-likeness (QED) is 0.763. The fraction of sp³-hybridized carbons (Fsp3) is 0.333. The lowest BCUT2D eigenvalue weighted by molar-refractivity contribution is 0.579. The summed E-state index contributed by atoms with van der Waals surface area (Å²) in [4.78, 5) is 0.101. The lowest BCUT2D eigenvalue weighted by atomic mass is 10.4. The van der Waals surface area contributed by atoms with E-state index in [0.29, 0.717) is 19.5 Å². The molecular formula is C9H13ClN2O2S. The Morgan fingerprint density at radius 2 is 2.00 bits per heavy atom. The van der Waals surface area contributed by atoms with Crippen LogP contribution in [0.2, 0.25) is 5.02 Å². The standard InChI is InChI=1S/C9H13ClN2O2S/c10-8-4-1-2-5-9(8)15(13,14)12-7-3-6-11/h1-2,4-5,12H,3,6-7,11H2. The second-order valence-electron chi connectivity index (χ2n) is 2.97. The van der Waals surface area contributed by atoms with Crippen molar-refractivity contribution >= 4 is 21.6 Å². The third-order valence-electron chi connectivity index (χ3n) is 1.80. The molecule has 84 valence electrons. The van der Waals surface area contributed by atoms with Crippen molar-refractivity contribution in [2.45, 2.75) is 11.3 Å². The summed E-state index contributed by atoms with van der Waals surface area (Å²) in [7, 11) is -3.50. The van der Waals surface area contributed by atoms with Crippen LogP contribution in [0.4, 0.5) is 0 Å². The maximum Gasteiger partial charge on any atom is 0.242 e. The van der Waals surface area contributed by atoms with Gasteiger partial charge in [0.2, 0.25) is 10.0 Å². The van der Waals surface area contributed by atoms with Gasteiger partial charge in [0.15, 0.2) is 0 Å². The SMILES string of the molecule is NCCCNS(=O)(=O)c1ccccc1Cl. The molecule has 0 saturated heterocycles. The van der Waals surface area contributed by atoms with Crippen LogP contribution in [-0.4, -0.2) is 21.5 Å². The molecule has 0 spiro atoms. The molecule has 0 aliphatic carbocycles. The van der Waals surface area contributed by atoms with Crippen molar-refractivity contribution in [3.8, 4) is 0 Å². The monoisotopic (exact) mass is 248 g/mol. The van der Waals surface area contributed by atoms with Gasteiger partial charge in [0, 0.05) is 6.54 Å². The van der Waals surface area contributed by atoms with Crippen LogP contribution in [0.25, 0.3) is 0 Å². The van der Waals surface area contributed by atoms with E-state index in [1.807, 2.05) is 0 Å². The highest BCUT2D eigenvalue weighted by Gasteiger charge is 2.15. The van der Waals surface area contributed by atoms with Gasteiger partial charge in [-0.05, 0) is 25.1 Å². The molecule has 0 aliphatic rings. The maximum absolute atomic E-state index is 11.7. The molecule has 0 aromatic heterocycles. The van der Waals surface area contributed by atoms with Gasteiger partial charge in [0.1, 0.15) is 4.90 Å². The molecule has 1 rings (SSSR count). The fourth-order valence-corrected chi connectivity index (χ4v) is 2.64. The lowest BCUT2D eigenvalue weighted by Crippen LogP contribution is -2.26. The first-order valence-electron chi connectivity index (χ1n) is 4.52. The van der Waals surface area contributed by atoms with Crippen LogP contribution in [0.15, 0.2) is 29.2 Å². The van der Waals surface area contributed by atoms with Crippen molar-refractivity contribution in [1.29, 1.82) is 0 Å². The number of benzene rings is 1. The van der Waals surface area contributed by atoms with Crippen molar-refractivity contribution in [1.82, 2.24) is 4.72 Å². The Hall–Kier alpha value is -0.620.